The van der Waals surface area contributed by atoms with Crippen LogP contribution >= 0.6 is 0 Å². The first-order chi connectivity index (χ1) is 33.2. The third kappa shape index (κ3) is 12.0. The van der Waals surface area contributed by atoms with Crippen molar-refractivity contribution in [3.8, 4) is 28.1 Å². The molecule has 1 fully saturated rings. The quantitative estimate of drug-likeness (QED) is 0.103. The number of methoxy groups -OCH3 is 1. The van der Waals surface area contributed by atoms with E-state index in [1.165, 1.54) is 16.6 Å². The Morgan fingerprint density at radius 1 is 1.01 bits per heavy atom. The summed E-state index contributed by atoms with van der Waals surface area (Å²) in [4.78, 5) is 79.1. The summed E-state index contributed by atoms with van der Waals surface area (Å²) >= 11 is 0. The zero-order valence-corrected chi connectivity index (χ0v) is 42.8. The lowest BCUT2D eigenvalue weighted by Crippen LogP contribution is -2.58. The number of benzene rings is 2. The summed E-state index contributed by atoms with van der Waals surface area (Å²) in [6.07, 6.45) is 2.82. The molecule has 0 radical (unpaired) electrons. The number of esters is 1. The van der Waals surface area contributed by atoms with Crippen molar-refractivity contribution in [3.63, 3.8) is 0 Å². The molecular formula is C53H73FN8O8. The summed E-state index contributed by atoms with van der Waals surface area (Å²) in [5.74, 6) is -3.24. The van der Waals surface area contributed by atoms with E-state index >= 15 is 0 Å². The highest BCUT2D eigenvalue weighted by molar-refractivity contribution is 5.96. The molecule has 2 aliphatic heterocycles. The number of nitrogens with zero attached hydrogens (tertiary/aromatic N) is 6. The van der Waals surface area contributed by atoms with Gasteiger partial charge in [0.2, 0.25) is 17.7 Å². The lowest BCUT2D eigenvalue weighted by Gasteiger charge is -2.34. The molecule has 0 saturated carbocycles. The van der Waals surface area contributed by atoms with Gasteiger partial charge >= 0.3 is 5.97 Å². The number of hydrazine groups is 1. The van der Waals surface area contributed by atoms with Gasteiger partial charge in [-0.3, -0.25) is 33.9 Å². The Morgan fingerprint density at radius 3 is 2.43 bits per heavy atom. The number of fused-ring (bicyclic) bond motifs is 4. The molecule has 6 rings (SSSR count). The minimum atomic E-state index is -1.36. The number of rotatable bonds is 12. The molecule has 3 N–H and O–H groups in total. The average Bonchev–Trinajstić information content (AvgIpc) is 3.94. The number of aryl methyl sites for hydroxylation is 1. The van der Waals surface area contributed by atoms with Gasteiger partial charge in [-0.15, -0.1) is 4.48 Å². The topological polar surface area (TPSA) is 179 Å². The van der Waals surface area contributed by atoms with Crippen LogP contribution in [0.25, 0.3) is 33.3 Å². The predicted octanol–water partition coefficient (Wildman–Crippen LogP) is 6.63. The second kappa shape index (κ2) is 22.9. The first kappa shape index (κ1) is 53.4. The molecule has 2 aliphatic rings. The van der Waals surface area contributed by atoms with Gasteiger partial charge in [0.1, 0.15) is 17.8 Å². The number of ether oxygens (including phenoxy) is 2. The van der Waals surface area contributed by atoms with Crippen LogP contribution in [0.5, 0.6) is 5.75 Å². The SMILES string of the molecule is CCn1c(-c2cccnc2[C@H](C)OC)c2c3cc(ccc31)-c1cc(O)cc(c1)C[C@H](NC(=O)C(C(C)C)N(C)C(=O)[C@H]1CCN(C(=O)[C@@H](C)N(C)C)C1)C(=O)N(NF)CCCCC(=O)OCC(C)(C)C2. The van der Waals surface area contributed by atoms with E-state index < -0.39 is 47.1 Å². The number of aromatic hydroxyl groups is 1. The van der Waals surface area contributed by atoms with Crippen LogP contribution in [-0.2, 0) is 52.8 Å². The van der Waals surface area contributed by atoms with Gasteiger partial charge < -0.3 is 34.3 Å². The molecule has 16 nitrogen and oxygen atoms in total. The summed E-state index contributed by atoms with van der Waals surface area (Å²) in [6, 6.07) is 12.3. The van der Waals surface area contributed by atoms with Gasteiger partial charge in [-0.2, -0.15) is 0 Å². The molecule has 5 atom stereocenters. The zero-order chi connectivity index (χ0) is 51.2. The van der Waals surface area contributed by atoms with Gasteiger partial charge in [0.25, 0.3) is 5.91 Å². The Morgan fingerprint density at radius 2 is 1.76 bits per heavy atom. The Hall–Kier alpha value is -5.91. The summed E-state index contributed by atoms with van der Waals surface area (Å²) in [5.41, 5.74) is 7.54. The van der Waals surface area contributed by atoms with Crippen molar-refractivity contribution in [3.05, 3.63) is 71.5 Å². The zero-order valence-electron chi connectivity index (χ0n) is 42.8. The smallest absolute Gasteiger partial charge is 0.305 e. The molecule has 380 valence electrons. The minimum Gasteiger partial charge on any atom is -0.508 e. The van der Waals surface area contributed by atoms with Crippen LogP contribution in [0.2, 0.25) is 0 Å². The fourth-order valence-electron chi connectivity index (χ4n) is 9.92. The third-order valence-corrected chi connectivity index (χ3v) is 14.0. The number of carbonyl (C=O) groups is 5. The number of phenolic OH excluding ortho intramolecular Hbond substituents is 1. The van der Waals surface area contributed by atoms with Crippen LogP contribution in [0, 0.1) is 17.3 Å². The second-order valence-electron chi connectivity index (χ2n) is 20.4. The van der Waals surface area contributed by atoms with Crippen LogP contribution in [-0.4, -0.2) is 137 Å². The highest BCUT2D eigenvalue weighted by Crippen LogP contribution is 2.42. The highest BCUT2D eigenvalue weighted by atomic mass is 19.2. The summed E-state index contributed by atoms with van der Waals surface area (Å²) in [6.45, 7) is 14.8. The monoisotopic (exact) mass is 969 g/mol. The largest absolute Gasteiger partial charge is 0.508 e. The van der Waals surface area contributed by atoms with E-state index in [1.807, 2.05) is 57.1 Å². The fourth-order valence-corrected chi connectivity index (χ4v) is 9.92. The van der Waals surface area contributed by atoms with E-state index in [0.717, 1.165) is 44.0 Å². The first-order valence-electron chi connectivity index (χ1n) is 24.5. The summed E-state index contributed by atoms with van der Waals surface area (Å²) < 4.78 is 28.7. The molecule has 0 spiro atoms. The Balaban J connectivity index is 1.41. The number of amides is 4. The second-order valence-corrected chi connectivity index (χ2v) is 20.4. The molecule has 1 saturated heterocycles. The predicted molar refractivity (Wildman–Crippen MR) is 266 cm³/mol. The molecule has 1 unspecified atom stereocenters. The molecular weight excluding hydrogens is 896 g/mol. The number of pyridine rings is 1. The van der Waals surface area contributed by atoms with Crippen molar-refractivity contribution in [1.82, 2.24) is 40.2 Å². The number of hydrogen-bond acceptors (Lipinski definition) is 11. The van der Waals surface area contributed by atoms with Crippen LogP contribution in [0.3, 0.4) is 0 Å². The number of cyclic esters (lactones) is 1. The third-order valence-electron chi connectivity index (χ3n) is 14.0. The van der Waals surface area contributed by atoms with Crippen molar-refractivity contribution in [2.45, 2.75) is 118 Å². The molecule has 17 heteroatoms. The first-order valence-corrected chi connectivity index (χ1v) is 24.5. The summed E-state index contributed by atoms with van der Waals surface area (Å²) in [5, 5.41) is 15.9. The number of hydrogen-bond donors (Lipinski definition) is 3. The Bertz CT molecular complexity index is 2540. The lowest BCUT2D eigenvalue weighted by molar-refractivity contribution is -0.147. The lowest BCUT2D eigenvalue weighted by atomic mass is 9.84. The Labute approximate surface area is 411 Å². The van der Waals surface area contributed by atoms with E-state index in [2.05, 4.69) is 42.8 Å². The van der Waals surface area contributed by atoms with Gasteiger partial charge in [-0.1, -0.05) is 45.5 Å². The maximum Gasteiger partial charge on any atom is 0.305 e. The highest BCUT2D eigenvalue weighted by Gasteiger charge is 2.40. The standard InChI is InChI=1S/C53H73FN8O8/c1-12-61-44-19-18-36-28-41(44)42(48(61)40-16-15-21-55-46(40)34(5)69-11)29-53(6,7)31-70-45(64)17-13-14-22-62(57-54)52(68)43(26-35-24-38(36)27-39(63)25-35)56-49(65)47(32(2)3)59(10)51(67)37-20-23-60(30-37)50(66)33(4)58(8)9/h15-16,18-19,21,24-25,27-28,32-34,37,43,47,57,63H,12-14,17,20,22-23,26,29-31H2,1-11H3,(H,56,65)/t33-,34+,37+,43+,47?/m1/s1. The van der Waals surface area contributed by atoms with Gasteiger partial charge in [-0.05, 0) is 125 Å². The molecule has 4 bridgehead atoms. The van der Waals surface area contributed by atoms with E-state index in [4.69, 9.17) is 14.5 Å². The normalized spacial score (nSPS) is 19.6. The van der Waals surface area contributed by atoms with Gasteiger partial charge in [0.05, 0.1) is 36.1 Å². The number of nitrogens with one attached hydrogen (secondary N) is 2. The van der Waals surface area contributed by atoms with Crippen LogP contribution in [0.15, 0.2) is 54.7 Å². The number of phenols is 1. The van der Waals surface area contributed by atoms with Crippen molar-refractivity contribution in [2.75, 3.05) is 54.5 Å². The van der Waals surface area contributed by atoms with E-state index in [0.29, 0.717) is 37.1 Å². The van der Waals surface area contributed by atoms with Crippen LogP contribution < -0.4 is 11.0 Å². The molecule has 4 aromatic rings. The van der Waals surface area contributed by atoms with Gasteiger partial charge in [-0.25, -0.2) is 5.01 Å². The van der Waals surface area contributed by atoms with Gasteiger partial charge in [0, 0.05) is 81.3 Å². The van der Waals surface area contributed by atoms with Crippen LogP contribution in [0.4, 0.5) is 4.48 Å². The molecule has 2 aromatic heterocycles. The minimum absolute atomic E-state index is 0.0341. The van der Waals surface area contributed by atoms with Crippen molar-refractivity contribution in [1.29, 1.82) is 0 Å². The maximum atomic E-state index is 14.7. The van der Waals surface area contributed by atoms with Crippen molar-refractivity contribution < 1.29 is 43.0 Å². The Kier molecular flexibility index (Phi) is 17.5. The van der Waals surface area contributed by atoms with E-state index in [1.54, 1.807) is 45.2 Å². The van der Waals surface area contributed by atoms with E-state index in [9.17, 15) is 33.6 Å². The van der Waals surface area contributed by atoms with Gasteiger partial charge in [0.15, 0.2) is 0 Å². The molecule has 4 amide bonds. The molecule has 0 aliphatic carbocycles. The average molecular weight is 969 g/mol. The number of halogens is 1. The number of carbonyl (C=O) groups excluding carboxylic acids is 5. The fraction of sp³-hybridized carbons (Fsp3) is 0.547. The van der Waals surface area contributed by atoms with E-state index in [-0.39, 0.29) is 75.1 Å². The molecule has 70 heavy (non-hydrogen) atoms. The molecule has 2 aromatic carbocycles. The molecule has 4 heterocycles. The number of likely N-dealkylation sites (tertiary alicyclic amines) is 1. The number of likely N-dealkylation sites (N-methyl/N-ethyl adjacent to an activating group) is 2. The summed E-state index contributed by atoms with van der Waals surface area (Å²) in [7, 11) is 6.85. The van der Waals surface area contributed by atoms with Crippen LogP contribution in [0.1, 0.15) is 97.1 Å². The maximum absolute atomic E-state index is 14.7. The van der Waals surface area contributed by atoms with Crippen molar-refractivity contribution >= 4 is 40.5 Å². The van der Waals surface area contributed by atoms with Crippen molar-refractivity contribution in [2.24, 2.45) is 17.3 Å². The number of aromatic nitrogens is 2.